The molecule has 31 aromatic rings. The summed E-state index contributed by atoms with van der Waals surface area (Å²) in [6, 6.07) is 182. The van der Waals surface area contributed by atoms with Gasteiger partial charge in [0.2, 0.25) is 0 Å². The first kappa shape index (κ1) is 84.7. The van der Waals surface area contributed by atoms with Gasteiger partial charge in [-0.25, -0.2) is 0 Å². The van der Waals surface area contributed by atoms with E-state index in [1.165, 1.54) is 180 Å². The van der Waals surface area contributed by atoms with E-state index in [1.54, 1.807) is 0 Å². The fraction of sp³-hybridized carbons (Fsp3) is 0.0141. The van der Waals surface area contributed by atoms with E-state index in [2.05, 4.69) is 498 Å². The molecule has 0 atom stereocenters. The Labute approximate surface area is 846 Å². The Hall–Kier alpha value is -19.2. The number of fused-ring (bicyclic) bond motifs is 23. The standard InChI is InChI=1S/C52H34O2.C46H28O.C44H27NO/c1-31-17-21-33(22-18-31)49-41-27-25-36(38-12-8-14-44-40-10-4-6-16-48(40)54-52(38)44)30-46(41)50(34-23-19-32(2)20-24-34)42-28-26-35(29-45(42)49)37-11-7-13-43-39-9-3-5-15-47(39)53-51(37)43;1-3-12-31-26-34(22-20-29(31)10-1)44-38-15-5-6-16-39(38)45(35-23-21-30-11-2-4-13-32(30)27-35)42-28-33(24-25-40(42)44)36-17-9-18-41-37-14-7-8-19-43(37)47-46(36)41;1-3-17-35-33(15-1)42(28-24-26-29(27-25-28)45-39-21-8-5-12-30(39)31-13-6-9-22-40(31)45)34-16-2-4-18-36(34)43(35)38-20-11-19-37-32-14-7-10-23-41(32)46-44(37)38/h3-30H,1-2H3;1-28H;1-27H. The predicted octanol–water partition coefficient (Wildman–Crippen LogP) is 40.6. The van der Waals surface area contributed by atoms with Crippen LogP contribution in [0.2, 0.25) is 0 Å². The molecule has 0 aliphatic heterocycles. The molecule has 5 heterocycles. The normalized spacial score (nSPS) is 11.9. The molecule has 0 amide bonds. The maximum Gasteiger partial charge on any atom is 0.143 e. The first-order valence-electron chi connectivity index (χ1n) is 50.5. The lowest BCUT2D eigenvalue weighted by molar-refractivity contribution is 0.669. The van der Waals surface area contributed by atoms with Gasteiger partial charge < -0.3 is 22.2 Å². The summed E-state index contributed by atoms with van der Waals surface area (Å²) in [7, 11) is 0. The Balaban J connectivity index is 0.000000105. The molecule has 26 aromatic carbocycles. The molecule has 0 N–H and O–H groups in total. The van der Waals surface area contributed by atoms with Crippen LogP contribution in [0.3, 0.4) is 0 Å². The quantitative estimate of drug-likeness (QED) is 0.128. The molecule has 5 aromatic heterocycles. The Morgan fingerprint density at radius 3 is 0.735 bits per heavy atom. The topological polar surface area (TPSA) is 57.5 Å². The van der Waals surface area contributed by atoms with Gasteiger partial charge in [-0.2, -0.15) is 0 Å². The molecule has 0 aliphatic rings. The fourth-order valence-electron chi connectivity index (χ4n) is 23.9. The molecule has 5 nitrogen and oxygen atoms in total. The fourth-order valence-corrected chi connectivity index (χ4v) is 23.9. The Kier molecular flexibility index (Phi) is 19.8. The second-order valence-electron chi connectivity index (χ2n) is 39.1. The van der Waals surface area contributed by atoms with Gasteiger partial charge in [-0.05, 0) is 251 Å². The van der Waals surface area contributed by atoms with Gasteiger partial charge in [0.05, 0.1) is 11.0 Å². The molecule has 0 radical (unpaired) electrons. The summed E-state index contributed by atoms with van der Waals surface area (Å²) >= 11 is 0. The van der Waals surface area contributed by atoms with Gasteiger partial charge in [-0.3, -0.25) is 0 Å². The average molecular weight is 1870 g/mol. The minimum atomic E-state index is 0.905. The third-order valence-electron chi connectivity index (χ3n) is 30.6. The Morgan fingerprint density at radius 2 is 0.381 bits per heavy atom. The number of hydrogen-bond acceptors (Lipinski definition) is 4. The number of rotatable bonds is 10. The molecule has 686 valence electrons. The first-order chi connectivity index (χ1) is 72.7. The van der Waals surface area contributed by atoms with E-state index in [0.29, 0.717) is 0 Å². The van der Waals surface area contributed by atoms with Crippen LogP contribution in [-0.4, -0.2) is 4.57 Å². The average Bonchev–Trinajstić information content (AvgIpc) is 1.11. The maximum atomic E-state index is 6.56. The zero-order valence-corrected chi connectivity index (χ0v) is 80.5. The largest absolute Gasteiger partial charge is 0.455 e. The van der Waals surface area contributed by atoms with Gasteiger partial charge in [-0.1, -0.05) is 436 Å². The summed E-state index contributed by atoms with van der Waals surface area (Å²) in [5.41, 5.74) is 34.7. The highest BCUT2D eigenvalue weighted by atomic mass is 16.3. The SMILES string of the molecule is Cc1ccc(-c2c3ccc(-c4cccc5c4oc4ccccc45)cc3c(-c3ccc(C)cc3)c3ccc(-c4cccc5c4oc4ccccc45)cc23)cc1.c1ccc2c(c1)oc1c(-c3c4ccccc4c(-c4ccc(-n5c6ccccc6c6ccccc65)cc4)c4ccccc34)cccc12.c1ccc2cc(-c3c4ccccc4c(-c4ccc5ccccc5c4)c4cc(-c5cccc6c5oc5ccccc56)ccc34)ccc2c1. The molecule has 0 unspecified atom stereocenters. The van der Waals surface area contributed by atoms with Crippen molar-refractivity contribution in [3.05, 3.63) is 515 Å². The highest BCUT2D eigenvalue weighted by Gasteiger charge is 2.27. The van der Waals surface area contributed by atoms with E-state index >= 15 is 0 Å². The summed E-state index contributed by atoms with van der Waals surface area (Å²) in [4.78, 5) is 0. The maximum absolute atomic E-state index is 6.56. The molecule has 0 spiro atoms. The number of aromatic nitrogens is 1. The van der Waals surface area contributed by atoms with Crippen LogP contribution in [0.25, 0.3) is 302 Å². The van der Waals surface area contributed by atoms with E-state index in [1.807, 2.05) is 24.3 Å². The molecule has 0 bridgehead atoms. The van der Waals surface area contributed by atoms with Gasteiger partial charge >= 0.3 is 0 Å². The summed E-state index contributed by atoms with van der Waals surface area (Å²) in [5, 5.41) is 31.3. The first-order valence-corrected chi connectivity index (χ1v) is 50.5. The second kappa shape index (κ2) is 34.3. The number of furan rings is 4. The highest BCUT2D eigenvalue weighted by molar-refractivity contribution is 6.28. The summed E-state index contributed by atoms with van der Waals surface area (Å²) < 4.78 is 28.6. The van der Waals surface area contributed by atoms with Gasteiger partial charge in [0.15, 0.2) is 0 Å². The summed E-state index contributed by atoms with van der Waals surface area (Å²) in [6.45, 7) is 4.30. The van der Waals surface area contributed by atoms with Crippen molar-refractivity contribution in [3.63, 3.8) is 0 Å². The lowest BCUT2D eigenvalue weighted by Gasteiger charge is -2.20. The van der Waals surface area contributed by atoms with Crippen molar-refractivity contribution >= 4 is 196 Å². The molecule has 0 saturated carbocycles. The van der Waals surface area contributed by atoms with Crippen LogP contribution in [0.5, 0.6) is 0 Å². The van der Waals surface area contributed by atoms with Crippen LogP contribution >= 0.6 is 0 Å². The number of nitrogens with zero attached hydrogens (tertiary/aromatic N) is 1. The van der Waals surface area contributed by atoms with Crippen molar-refractivity contribution in [2.75, 3.05) is 0 Å². The van der Waals surface area contributed by atoms with Gasteiger partial charge in [0.1, 0.15) is 44.7 Å². The van der Waals surface area contributed by atoms with Crippen LogP contribution in [-0.2, 0) is 0 Å². The lowest BCUT2D eigenvalue weighted by atomic mass is 9.83. The van der Waals surface area contributed by atoms with Crippen LogP contribution in [0.1, 0.15) is 11.1 Å². The van der Waals surface area contributed by atoms with Crippen LogP contribution in [0.15, 0.2) is 521 Å². The summed E-state index contributed by atoms with van der Waals surface area (Å²) in [5.74, 6) is 0. The zero-order valence-electron chi connectivity index (χ0n) is 80.5. The van der Waals surface area contributed by atoms with Gasteiger partial charge in [-0.15, -0.1) is 0 Å². The predicted molar refractivity (Wildman–Crippen MR) is 621 cm³/mol. The number of aryl methyl sites for hydroxylation is 2. The van der Waals surface area contributed by atoms with Crippen molar-refractivity contribution in [3.8, 4) is 106 Å². The van der Waals surface area contributed by atoms with Crippen molar-refractivity contribution in [2.45, 2.75) is 13.8 Å². The third kappa shape index (κ3) is 13.9. The van der Waals surface area contributed by atoms with Crippen molar-refractivity contribution in [2.24, 2.45) is 0 Å². The smallest absolute Gasteiger partial charge is 0.143 e. The molecule has 31 rings (SSSR count). The third-order valence-corrected chi connectivity index (χ3v) is 30.6. The van der Waals surface area contributed by atoms with Crippen LogP contribution in [0.4, 0.5) is 0 Å². The van der Waals surface area contributed by atoms with Crippen molar-refractivity contribution < 1.29 is 17.7 Å². The van der Waals surface area contributed by atoms with E-state index < -0.39 is 0 Å². The van der Waals surface area contributed by atoms with Crippen molar-refractivity contribution in [1.29, 1.82) is 0 Å². The minimum absolute atomic E-state index is 0.905. The van der Waals surface area contributed by atoms with Gasteiger partial charge in [0, 0.05) is 87.4 Å². The van der Waals surface area contributed by atoms with E-state index in [9.17, 15) is 0 Å². The van der Waals surface area contributed by atoms with E-state index in [-0.39, 0.29) is 0 Å². The summed E-state index contributed by atoms with van der Waals surface area (Å²) in [6.07, 6.45) is 0. The molecular formula is C142H89NO4. The van der Waals surface area contributed by atoms with Crippen LogP contribution < -0.4 is 0 Å². The molecule has 5 heteroatoms. The molecule has 0 fully saturated rings. The highest BCUT2D eigenvalue weighted by Crippen LogP contribution is 2.54. The van der Waals surface area contributed by atoms with E-state index in [0.717, 1.165) is 132 Å². The molecule has 0 saturated heterocycles. The minimum Gasteiger partial charge on any atom is -0.455 e. The lowest BCUT2D eigenvalue weighted by Crippen LogP contribution is -1.94. The Morgan fingerprint density at radius 1 is 0.143 bits per heavy atom. The van der Waals surface area contributed by atoms with Gasteiger partial charge in [0.25, 0.3) is 0 Å². The van der Waals surface area contributed by atoms with Crippen molar-refractivity contribution in [1.82, 2.24) is 4.57 Å². The number of hydrogen-bond donors (Lipinski definition) is 0. The number of benzene rings is 26. The molecular weight excluding hydrogens is 1780 g/mol. The van der Waals surface area contributed by atoms with Crippen LogP contribution in [0, 0.1) is 13.8 Å². The monoisotopic (exact) mass is 1870 g/mol. The molecule has 0 aliphatic carbocycles. The Bertz CT molecular complexity index is 10500. The molecule has 147 heavy (non-hydrogen) atoms. The zero-order chi connectivity index (χ0) is 97.0. The second-order valence-corrected chi connectivity index (χ2v) is 39.1. The number of para-hydroxylation sites is 10. The van der Waals surface area contributed by atoms with E-state index in [4.69, 9.17) is 17.7 Å².